The first kappa shape index (κ1) is 13.3. The topological polar surface area (TPSA) is 26.3 Å². The first-order valence-electron chi connectivity index (χ1n) is 6.45. The average Bonchev–Trinajstić information content (AvgIpc) is 2.49. The van der Waals surface area contributed by atoms with Crippen molar-refractivity contribution in [3.8, 4) is 0 Å². The third kappa shape index (κ3) is 3.68. The molecule has 1 aromatic carbocycles. The van der Waals surface area contributed by atoms with Crippen LogP contribution >= 0.6 is 0 Å². The van der Waals surface area contributed by atoms with Gasteiger partial charge in [0.1, 0.15) is 0 Å². The fourth-order valence-electron chi connectivity index (χ4n) is 2.24. The van der Waals surface area contributed by atoms with Gasteiger partial charge in [-0.1, -0.05) is 60.7 Å². The van der Waals surface area contributed by atoms with Crippen molar-refractivity contribution in [3.05, 3.63) is 72.4 Å². The van der Waals surface area contributed by atoms with Crippen molar-refractivity contribution in [2.24, 2.45) is 5.92 Å². The summed E-state index contributed by atoms with van der Waals surface area (Å²) in [5.74, 6) is 0.134. The van der Waals surface area contributed by atoms with Gasteiger partial charge in [-0.2, -0.15) is 0 Å². The maximum Gasteiger partial charge on any atom is 0.330 e. The number of benzene rings is 1. The molecule has 1 aromatic rings. The number of allylic oxidation sites excluding steroid dienone is 5. The first-order chi connectivity index (χ1) is 9.31. The summed E-state index contributed by atoms with van der Waals surface area (Å²) in [6.45, 7) is 0. The number of hydrogen-bond acceptors (Lipinski definition) is 2. The molecular formula is C17H18O2. The van der Waals surface area contributed by atoms with Crippen LogP contribution in [0.5, 0.6) is 0 Å². The minimum atomic E-state index is -0.315. The quantitative estimate of drug-likeness (QED) is 0.466. The molecule has 2 rings (SSSR count). The molecule has 0 radical (unpaired) electrons. The molecule has 2 heteroatoms. The van der Waals surface area contributed by atoms with E-state index in [0.29, 0.717) is 0 Å². The number of methoxy groups -OCH3 is 1. The molecule has 0 fully saturated rings. The van der Waals surface area contributed by atoms with E-state index in [1.807, 2.05) is 24.3 Å². The van der Waals surface area contributed by atoms with Gasteiger partial charge in [0.2, 0.25) is 0 Å². The minimum absolute atomic E-state index is 0.160. The fraction of sp³-hybridized carbons (Fsp3) is 0.235. The minimum Gasteiger partial charge on any atom is -0.466 e. The van der Waals surface area contributed by atoms with Crippen LogP contribution in [-0.4, -0.2) is 13.1 Å². The standard InChI is InChI=1S/C17H18O2/c1-19-17(18)13-12-16(14-8-4-2-5-9-14)15-10-6-3-7-11-15/h2,4-13,15-16H,3H2,1H3/b13-12+/t16-/m0/s1. The molecule has 0 aromatic heterocycles. The summed E-state index contributed by atoms with van der Waals surface area (Å²) in [5, 5.41) is 0. The average molecular weight is 254 g/mol. The van der Waals surface area contributed by atoms with Crippen LogP contribution in [0.2, 0.25) is 0 Å². The van der Waals surface area contributed by atoms with Crippen molar-refractivity contribution in [2.75, 3.05) is 7.11 Å². The van der Waals surface area contributed by atoms with E-state index < -0.39 is 0 Å². The lowest BCUT2D eigenvalue weighted by Gasteiger charge is -2.21. The molecule has 1 aliphatic rings. The summed E-state index contributed by atoms with van der Waals surface area (Å²) in [5.41, 5.74) is 1.20. The fourth-order valence-corrected chi connectivity index (χ4v) is 2.24. The van der Waals surface area contributed by atoms with E-state index in [1.54, 1.807) is 0 Å². The van der Waals surface area contributed by atoms with Crippen LogP contribution in [0, 0.1) is 5.92 Å². The molecule has 0 saturated heterocycles. The first-order valence-corrected chi connectivity index (χ1v) is 6.45. The third-order valence-electron chi connectivity index (χ3n) is 3.23. The molecule has 0 bridgehead atoms. The summed E-state index contributed by atoms with van der Waals surface area (Å²) in [7, 11) is 1.39. The number of ether oxygens (including phenoxy) is 1. The molecule has 1 atom stereocenters. The Hall–Kier alpha value is -2.09. The van der Waals surface area contributed by atoms with E-state index in [-0.39, 0.29) is 17.8 Å². The normalized spacial score (nSPS) is 16.7. The largest absolute Gasteiger partial charge is 0.466 e. The zero-order valence-electron chi connectivity index (χ0n) is 11.0. The summed E-state index contributed by atoms with van der Waals surface area (Å²) in [4.78, 5) is 11.3. The summed E-state index contributed by atoms with van der Waals surface area (Å²) < 4.78 is 4.66. The van der Waals surface area contributed by atoms with Gasteiger partial charge >= 0.3 is 5.97 Å². The Bertz CT molecular complexity index is 485. The van der Waals surface area contributed by atoms with Gasteiger partial charge in [0, 0.05) is 17.9 Å². The van der Waals surface area contributed by atoms with Crippen LogP contribution in [-0.2, 0) is 9.53 Å². The highest BCUT2D eigenvalue weighted by molar-refractivity contribution is 5.81. The lowest BCUT2D eigenvalue weighted by molar-refractivity contribution is -0.134. The predicted octanol–water partition coefficient (Wildman–Crippen LogP) is 3.63. The van der Waals surface area contributed by atoms with E-state index in [0.717, 1.165) is 6.42 Å². The second kappa shape index (κ2) is 6.74. The van der Waals surface area contributed by atoms with Crippen molar-refractivity contribution in [3.63, 3.8) is 0 Å². The molecule has 0 amide bonds. The third-order valence-corrected chi connectivity index (χ3v) is 3.23. The van der Waals surface area contributed by atoms with Gasteiger partial charge in [0.25, 0.3) is 0 Å². The van der Waals surface area contributed by atoms with Crippen LogP contribution in [0.25, 0.3) is 0 Å². The maximum atomic E-state index is 11.3. The van der Waals surface area contributed by atoms with Crippen molar-refractivity contribution in [2.45, 2.75) is 12.3 Å². The van der Waals surface area contributed by atoms with E-state index in [1.165, 1.54) is 18.7 Å². The van der Waals surface area contributed by atoms with Gasteiger partial charge < -0.3 is 4.74 Å². The van der Waals surface area contributed by atoms with Crippen LogP contribution in [0.15, 0.2) is 66.8 Å². The van der Waals surface area contributed by atoms with Gasteiger partial charge in [0.05, 0.1) is 7.11 Å². The summed E-state index contributed by atoms with van der Waals surface area (Å²) in [6, 6.07) is 10.2. The number of carbonyl (C=O) groups is 1. The Labute approximate surface area is 114 Å². The predicted molar refractivity (Wildman–Crippen MR) is 76.7 cm³/mol. The lowest BCUT2D eigenvalue weighted by Crippen LogP contribution is -2.09. The van der Waals surface area contributed by atoms with Crippen molar-refractivity contribution in [1.82, 2.24) is 0 Å². The SMILES string of the molecule is COC(=O)/C=C/[C@@H](c1ccccc1)C1C=CCC=C1. The summed E-state index contributed by atoms with van der Waals surface area (Å²) in [6.07, 6.45) is 13.1. The van der Waals surface area contributed by atoms with Crippen molar-refractivity contribution < 1.29 is 9.53 Å². The smallest absolute Gasteiger partial charge is 0.330 e. The molecule has 98 valence electrons. The molecular weight excluding hydrogens is 236 g/mol. The second-order valence-electron chi connectivity index (χ2n) is 4.49. The highest BCUT2D eigenvalue weighted by Gasteiger charge is 2.17. The van der Waals surface area contributed by atoms with Crippen LogP contribution in [0.4, 0.5) is 0 Å². The van der Waals surface area contributed by atoms with Gasteiger partial charge in [-0.25, -0.2) is 4.79 Å². The van der Waals surface area contributed by atoms with Crippen molar-refractivity contribution >= 4 is 5.97 Å². The Kier molecular flexibility index (Phi) is 4.73. The highest BCUT2D eigenvalue weighted by atomic mass is 16.5. The molecule has 1 aliphatic carbocycles. The van der Waals surface area contributed by atoms with Gasteiger partial charge in [-0.05, 0) is 12.0 Å². The number of hydrogen-bond donors (Lipinski definition) is 0. The summed E-state index contributed by atoms with van der Waals surface area (Å²) >= 11 is 0. The number of esters is 1. The molecule has 0 aliphatic heterocycles. The van der Waals surface area contributed by atoms with Gasteiger partial charge in [-0.15, -0.1) is 0 Å². The van der Waals surface area contributed by atoms with Gasteiger partial charge in [0.15, 0.2) is 0 Å². The molecule has 0 N–H and O–H groups in total. The van der Waals surface area contributed by atoms with Crippen molar-refractivity contribution in [1.29, 1.82) is 0 Å². The lowest BCUT2D eigenvalue weighted by atomic mass is 9.83. The molecule has 0 saturated carbocycles. The Morgan fingerprint density at radius 3 is 2.58 bits per heavy atom. The van der Waals surface area contributed by atoms with Crippen LogP contribution < -0.4 is 0 Å². The van der Waals surface area contributed by atoms with E-state index in [2.05, 4.69) is 41.2 Å². The molecule has 0 spiro atoms. The number of carbonyl (C=O) groups excluding carboxylic acids is 1. The van der Waals surface area contributed by atoms with Crippen LogP contribution in [0.1, 0.15) is 17.9 Å². The molecule has 0 heterocycles. The number of rotatable bonds is 4. The molecule has 0 unspecified atom stereocenters. The zero-order valence-corrected chi connectivity index (χ0v) is 11.0. The second-order valence-corrected chi connectivity index (χ2v) is 4.49. The Balaban J connectivity index is 2.25. The van der Waals surface area contributed by atoms with E-state index >= 15 is 0 Å². The maximum absolute atomic E-state index is 11.3. The highest BCUT2D eigenvalue weighted by Crippen LogP contribution is 2.30. The Morgan fingerprint density at radius 2 is 1.95 bits per heavy atom. The zero-order chi connectivity index (χ0) is 13.5. The van der Waals surface area contributed by atoms with E-state index in [9.17, 15) is 4.79 Å². The van der Waals surface area contributed by atoms with Gasteiger partial charge in [-0.3, -0.25) is 0 Å². The van der Waals surface area contributed by atoms with Crippen LogP contribution in [0.3, 0.4) is 0 Å². The van der Waals surface area contributed by atoms with E-state index in [4.69, 9.17) is 0 Å². The molecule has 19 heavy (non-hydrogen) atoms. The monoisotopic (exact) mass is 254 g/mol. The molecule has 2 nitrogen and oxygen atoms in total. The Morgan fingerprint density at radius 1 is 1.26 bits per heavy atom.